The Kier molecular flexibility index (Phi) is 6.34. The molecule has 0 aliphatic rings. The maximum atomic E-state index is 12.8. The summed E-state index contributed by atoms with van der Waals surface area (Å²) in [5.41, 5.74) is 3.21. The standard InChI is InChI=1S/C23H25N3O3/c1-15(2)18-7-5-6-8-19(18)26-23(27)16-11-12-24-22(13-16)25-17-9-10-20(28-3)21(14-17)29-4/h5-15H,1-4H3,(H,24,25)(H,26,27). The zero-order valence-electron chi connectivity index (χ0n) is 17.0. The van der Waals surface area contributed by atoms with E-state index in [1.807, 2.05) is 36.4 Å². The van der Waals surface area contributed by atoms with Gasteiger partial charge >= 0.3 is 0 Å². The van der Waals surface area contributed by atoms with Crippen LogP contribution in [-0.2, 0) is 0 Å². The highest BCUT2D eigenvalue weighted by molar-refractivity contribution is 6.05. The van der Waals surface area contributed by atoms with Crippen LogP contribution >= 0.6 is 0 Å². The van der Waals surface area contributed by atoms with Gasteiger partial charge in [-0.2, -0.15) is 0 Å². The molecule has 0 bridgehead atoms. The van der Waals surface area contributed by atoms with E-state index in [4.69, 9.17) is 9.47 Å². The Labute approximate surface area is 170 Å². The summed E-state index contributed by atoms with van der Waals surface area (Å²) in [5, 5.41) is 6.19. The van der Waals surface area contributed by atoms with Crippen molar-refractivity contribution in [3.63, 3.8) is 0 Å². The van der Waals surface area contributed by atoms with Crippen molar-refractivity contribution >= 4 is 23.1 Å². The molecule has 3 rings (SSSR count). The van der Waals surface area contributed by atoms with Gasteiger partial charge in [0.25, 0.3) is 5.91 Å². The van der Waals surface area contributed by atoms with Crippen molar-refractivity contribution < 1.29 is 14.3 Å². The predicted molar refractivity (Wildman–Crippen MR) is 116 cm³/mol. The number of methoxy groups -OCH3 is 2. The van der Waals surface area contributed by atoms with Crippen LogP contribution in [0.1, 0.15) is 35.7 Å². The summed E-state index contributed by atoms with van der Waals surface area (Å²) in [6, 6.07) is 16.7. The van der Waals surface area contributed by atoms with Crippen molar-refractivity contribution in [2.75, 3.05) is 24.9 Å². The first-order valence-electron chi connectivity index (χ1n) is 9.37. The molecule has 0 saturated heterocycles. The van der Waals surface area contributed by atoms with E-state index in [2.05, 4.69) is 29.5 Å². The van der Waals surface area contributed by atoms with Gasteiger partial charge in [-0.3, -0.25) is 4.79 Å². The summed E-state index contributed by atoms with van der Waals surface area (Å²) >= 11 is 0. The molecule has 6 heteroatoms. The van der Waals surface area contributed by atoms with Crippen molar-refractivity contribution in [3.8, 4) is 11.5 Å². The Morgan fingerprint density at radius 1 is 0.966 bits per heavy atom. The third kappa shape index (κ3) is 4.85. The average molecular weight is 391 g/mol. The molecule has 3 aromatic rings. The lowest BCUT2D eigenvalue weighted by molar-refractivity contribution is 0.102. The van der Waals surface area contributed by atoms with Crippen molar-refractivity contribution in [2.24, 2.45) is 0 Å². The number of amides is 1. The molecule has 6 nitrogen and oxygen atoms in total. The minimum atomic E-state index is -0.184. The summed E-state index contributed by atoms with van der Waals surface area (Å²) in [5.74, 6) is 1.93. The Morgan fingerprint density at radius 3 is 2.45 bits per heavy atom. The fourth-order valence-corrected chi connectivity index (χ4v) is 3.01. The number of carbonyl (C=O) groups excluding carboxylic acids is 1. The van der Waals surface area contributed by atoms with Gasteiger partial charge in [0.1, 0.15) is 5.82 Å². The lowest BCUT2D eigenvalue weighted by Crippen LogP contribution is -2.14. The lowest BCUT2D eigenvalue weighted by Gasteiger charge is -2.14. The maximum absolute atomic E-state index is 12.8. The first-order chi connectivity index (χ1) is 14.0. The number of rotatable bonds is 7. The Bertz CT molecular complexity index is 1000. The van der Waals surface area contributed by atoms with Crippen LogP contribution in [0.3, 0.4) is 0 Å². The number of carbonyl (C=O) groups is 1. The second kappa shape index (κ2) is 9.10. The fraction of sp³-hybridized carbons (Fsp3) is 0.217. The zero-order valence-corrected chi connectivity index (χ0v) is 17.0. The first-order valence-corrected chi connectivity index (χ1v) is 9.37. The second-order valence-corrected chi connectivity index (χ2v) is 6.82. The Balaban J connectivity index is 1.78. The predicted octanol–water partition coefficient (Wildman–Crippen LogP) is 5.22. The molecule has 0 unspecified atom stereocenters. The smallest absolute Gasteiger partial charge is 0.255 e. The zero-order chi connectivity index (χ0) is 20.8. The number of hydrogen-bond donors (Lipinski definition) is 2. The monoisotopic (exact) mass is 391 g/mol. The van der Waals surface area contributed by atoms with Crippen LogP contribution in [0.2, 0.25) is 0 Å². The first kappa shape index (κ1) is 20.2. The van der Waals surface area contributed by atoms with Gasteiger partial charge in [0.15, 0.2) is 11.5 Å². The molecule has 0 saturated carbocycles. The molecule has 0 atom stereocenters. The molecule has 2 aromatic carbocycles. The van der Waals surface area contributed by atoms with Crippen LogP contribution in [-0.4, -0.2) is 25.1 Å². The van der Waals surface area contributed by atoms with Crippen LogP contribution in [0, 0.1) is 0 Å². The second-order valence-electron chi connectivity index (χ2n) is 6.82. The normalized spacial score (nSPS) is 10.5. The quantitative estimate of drug-likeness (QED) is 0.578. The molecule has 0 aliphatic heterocycles. The molecular weight excluding hydrogens is 366 g/mol. The van der Waals surface area contributed by atoms with E-state index < -0.39 is 0 Å². The van der Waals surface area contributed by atoms with Gasteiger partial charge in [-0.05, 0) is 41.8 Å². The van der Waals surface area contributed by atoms with Gasteiger partial charge < -0.3 is 20.1 Å². The van der Waals surface area contributed by atoms with Crippen molar-refractivity contribution in [1.82, 2.24) is 4.98 Å². The number of pyridine rings is 1. The van der Waals surface area contributed by atoms with Crippen molar-refractivity contribution in [1.29, 1.82) is 0 Å². The fourth-order valence-electron chi connectivity index (χ4n) is 3.01. The van der Waals surface area contributed by atoms with Gasteiger partial charge in [0.05, 0.1) is 14.2 Å². The lowest BCUT2D eigenvalue weighted by atomic mass is 10.0. The number of aromatic nitrogens is 1. The summed E-state index contributed by atoms with van der Waals surface area (Å²) in [7, 11) is 3.17. The van der Waals surface area contributed by atoms with E-state index in [1.54, 1.807) is 38.6 Å². The summed E-state index contributed by atoms with van der Waals surface area (Å²) in [6.45, 7) is 4.20. The number of nitrogens with zero attached hydrogens (tertiary/aromatic N) is 1. The van der Waals surface area contributed by atoms with E-state index in [-0.39, 0.29) is 5.91 Å². The maximum Gasteiger partial charge on any atom is 0.255 e. The third-order valence-corrected chi connectivity index (χ3v) is 4.51. The molecule has 2 N–H and O–H groups in total. The highest BCUT2D eigenvalue weighted by Gasteiger charge is 2.12. The van der Waals surface area contributed by atoms with Crippen LogP contribution in [0.25, 0.3) is 0 Å². The summed E-state index contributed by atoms with van der Waals surface area (Å²) in [6.07, 6.45) is 1.60. The van der Waals surface area contributed by atoms with Gasteiger partial charge in [0, 0.05) is 29.2 Å². The number of para-hydroxylation sites is 1. The van der Waals surface area contributed by atoms with Crippen molar-refractivity contribution in [3.05, 3.63) is 71.9 Å². The van der Waals surface area contributed by atoms with Crippen LogP contribution in [0.4, 0.5) is 17.2 Å². The number of hydrogen-bond acceptors (Lipinski definition) is 5. The molecule has 0 radical (unpaired) electrons. The topological polar surface area (TPSA) is 72.5 Å². The van der Waals surface area contributed by atoms with E-state index in [9.17, 15) is 4.79 Å². The average Bonchev–Trinajstić information content (AvgIpc) is 2.74. The minimum absolute atomic E-state index is 0.184. The highest BCUT2D eigenvalue weighted by Crippen LogP contribution is 2.31. The SMILES string of the molecule is COc1ccc(Nc2cc(C(=O)Nc3ccccc3C(C)C)ccn2)cc1OC. The van der Waals surface area contributed by atoms with E-state index in [1.165, 1.54) is 0 Å². The molecule has 1 amide bonds. The Morgan fingerprint density at radius 2 is 1.72 bits per heavy atom. The highest BCUT2D eigenvalue weighted by atomic mass is 16.5. The van der Waals surface area contributed by atoms with Crippen LogP contribution in [0.15, 0.2) is 60.8 Å². The number of ether oxygens (including phenoxy) is 2. The molecule has 1 heterocycles. The van der Waals surface area contributed by atoms with Crippen molar-refractivity contribution in [2.45, 2.75) is 19.8 Å². The molecule has 0 aliphatic carbocycles. The van der Waals surface area contributed by atoms with Crippen LogP contribution in [0.5, 0.6) is 11.5 Å². The van der Waals surface area contributed by atoms with Crippen LogP contribution < -0.4 is 20.1 Å². The van der Waals surface area contributed by atoms with Gasteiger partial charge in [-0.15, -0.1) is 0 Å². The summed E-state index contributed by atoms with van der Waals surface area (Å²) < 4.78 is 10.6. The molecule has 150 valence electrons. The number of benzene rings is 2. The Hall–Kier alpha value is -3.54. The number of anilines is 3. The minimum Gasteiger partial charge on any atom is -0.493 e. The van der Waals surface area contributed by atoms with E-state index in [0.29, 0.717) is 28.8 Å². The molecule has 29 heavy (non-hydrogen) atoms. The van der Waals surface area contributed by atoms with E-state index >= 15 is 0 Å². The molecule has 1 aromatic heterocycles. The third-order valence-electron chi connectivity index (χ3n) is 4.51. The largest absolute Gasteiger partial charge is 0.493 e. The van der Waals surface area contributed by atoms with Gasteiger partial charge in [-0.1, -0.05) is 32.0 Å². The van der Waals surface area contributed by atoms with Gasteiger partial charge in [0.2, 0.25) is 0 Å². The molecule has 0 fully saturated rings. The molecule has 0 spiro atoms. The van der Waals surface area contributed by atoms with Gasteiger partial charge in [-0.25, -0.2) is 4.98 Å². The number of nitrogens with one attached hydrogen (secondary N) is 2. The van der Waals surface area contributed by atoms with E-state index in [0.717, 1.165) is 16.9 Å². The molecular formula is C23H25N3O3. The summed E-state index contributed by atoms with van der Waals surface area (Å²) in [4.78, 5) is 17.1.